The summed E-state index contributed by atoms with van der Waals surface area (Å²) in [7, 11) is 0. The molecule has 5 heteroatoms. The Bertz CT molecular complexity index is 665. The van der Waals surface area contributed by atoms with Crippen molar-refractivity contribution < 1.29 is 5.11 Å². The molecule has 3 aromatic rings. The number of aromatic nitrogens is 3. The van der Waals surface area contributed by atoms with Gasteiger partial charge in [-0.1, -0.05) is 0 Å². The summed E-state index contributed by atoms with van der Waals surface area (Å²) in [6, 6.07) is 5.86. The Morgan fingerprint density at radius 2 is 1.88 bits per heavy atom. The number of fused-ring (bicyclic) bond motifs is 1. The summed E-state index contributed by atoms with van der Waals surface area (Å²) >= 11 is 1.49. The van der Waals surface area contributed by atoms with Gasteiger partial charge in [-0.05, 0) is 18.2 Å². The first kappa shape index (κ1) is 10.3. The molecule has 0 saturated carbocycles. The molecule has 2 heterocycles. The number of aliphatic hydroxyl groups excluding tert-OH is 1. The number of hydrogen-bond donors (Lipinski definition) is 1. The Labute approximate surface area is 102 Å². The van der Waals surface area contributed by atoms with E-state index in [1.165, 1.54) is 11.3 Å². The summed E-state index contributed by atoms with van der Waals surface area (Å²) in [5.41, 5.74) is 2.73. The molecule has 0 radical (unpaired) electrons. The highest BCUT2D eigenvalue weighted by atomic mass is 32.1. The Morgan fingerprint density at radius 1 is 1.06 bits per heavy atom. The van der Waals surface area contributed by atoms with Crippen LogP contribution in [0.5, 0.6) is 0 Å². The number of benzene rings is 1. The molecule has 0 aliphatic heterocycles. The SMILES string of the molecule is OCc1cnc(-c2ccc3nccnc3c2)s1. The lowest BCUT2D eigenvalue weighted by Crippen LogP contribution is -1.83. The van der Waals surface area contributed by atoms with E-state index in [1.807, 2.05) is 18.2 Å². The number of thiazole rings is 1. The van der Waals surface area contributed by atoms with Crippen LogP contribution in [-0.2, 0) is 6.61 Å². The van der Waals surface area contributed by atoms with Crippen LogP contribution in [0.1, 0.15) is 4.88 Å². The second-order valence-electron chi connectivity index (χ2n) is 3.55. The van der Waals surface area contributed by atoms with Crippen LogP contribution in [0, 0.1) is 0 Å². The van der Waals surface area contributed by atoms with Crippen molar-refractivity contribution in [3.63, 3.8) is 0 Å². The first-order valence-electron chi connectivity index (χ1n) is 5.13. The average molecular weight is 243 g/mol. The van der Waals surface area contributed by atoms with Crippen LogP contribution in [0.15, 0.2) is 36.8 Å². The summed E-state index contributed by atoms with van der Waals surface area (Å²) in [5, 5.41) is 9.91. The first-order chi connectivity index (χ1) is 8.36. The second-order valence-corrected chi connectivity index (χ2v) is 4.66. The van der Waals surface area contributed by atoms with Crippen molar-refractivity contribution in [2.45, 2.75) is 6.61 Å². The van der Waals surface area contributed by atoms with Crippen LogP contribution in [-0.4, -0.2) is 20.1 Å². The minimum atomic E-state index is 0.0328. The van der Waals surface area contributed by atoms with Crippen LogP contribution in [0.3, 0.4) is 0 Å². The van der Waals surface area contributed by atoms with Gasteiger partial charge in [0, 0.05) is 24.2 Å². The van der Waals surface area contributed by atoms with Crippen molar-refractivity contribution in [2.75, 3.05) is 0 Å². The minimum Gasteiger partial charge on any atom is -0.391 e. The van der Waals surface area contributed by atoms with Gasteiger partial charge >= 0.3 is 0 Å². The van der Waals surface area contributed by atoms with Crippen molar-refractivity contribution in [2.24, 2.45) is 0 Å². The quantitative estimate of drug-likeness (QED) is 0.750. The van der Waals surface area contributed by atoms with E-state index in [-0.39, 0.29) is 6.61 Å². The van der Waals surface area contributed by atoms with Gasteiger partial charge in [-0.3, -0.25) is 9.97 Å². The van der Waals surface area contributed by atoms with E-state index in [9.17, 15) is 0 Å². The maximum Gasteiger partial charge on any atom is 0.123 e. The van der Waals surface area contributed by atoms with Gasteiger partial charge in [0.05, 0.1) is 22.5 Å². The molecule has 0 spiro atoms. The normalized spacial score (nSPS) is 10.9. The maximum atomic E-state index is 9.02. The van der Waals surface area contributed by atoms with Gasteiger partial charge in [-0.25, -0.2) is 4.98 Å². The molecule has 0 unspecified atom stereocenters. The molecule has 0 fully saturated rings. The Morgan fingerprint density at radius 3 is 2.65 bits per heavy atom. The molecule has 17 heavy (non-hydrogen) atoms. The standard InChI is InChI=1S/C12H9N3OS/c16-7-9-6-15-12(17-9)8-1-2-10-11(5-8)14-4-3-13-10/h1-6,16H,7H2. The third-order valence-corrected chi connectivity index (χ3v) is 3.46. The van der Waals surface area contributed by atoms with Crippen LogP contribution < -0.4 is 0 Å². The van der Waals surface area contributed by atoms with Gasteiger partial charge in [0.1, 0.15) is 5.01 Å². The molecule has 0 aliphatic carbocycles. The van der Waals surface area contributed by atoms with E-state index in [1.54, 1.807) is 18.6 Å². The maximum absolute atomic E-state index is 9.02. The van der Waals surface area contributed by atoms with Crippen molar-refractivity contribution >= 4 is 22.4 Å². The van der Waals surface area contributed by atoms with Gasteiger partial charge in [0.15, 0.2) is 0 Å². The largest absolute Gasteiger partial charge is 0.391 e. The van der Waals surface area contributed by atoms with E-state index in [2.05, 4.69) is 15.0 Å². The number of aliphatic hydroxyl groups is 1. The van der Waals surface area contributed by atoms with E-state index >= 15 is 0 Å². The fourth-order valence-corrected chi connectivity index (χ4v) is 2.38. The molecule has 0 bridgehead atoms. The van der Waals surface area contributed by atoms with E-state index in [0.29, 0.717) is 0 Å². The van der Waals surface area contributed by atoms with Gasteiger partial charge < -0.3 is 5.11 Å². The minimum absolute atomic E-state index is 0.0328. The molecular formula is C12H9N3OS. The summed E-state index contributed by atoms with van der Waals surface area (Å²) in [5.74, 6) is 0. The molecule has 1 N–H and O–H groups in total. The van der Waals surface area contributed by atoms with E-state index < -0.39 is 0 Å². The molecular weight excluding hydrogens is 234 g/mol. The fourth-order valence-electron chi connectivity index (χ4n) is 1.61. The monoisotopic (exact) mass is 243 g/mol. The molecule has 84 valence electrons. The predicted octanol–water partition coefficient (Wildman–Crippen LogP) is 2.25. The van der Waals surface area contributed by atoms with Gasteiger partial charge in [-0.15, -0.1) is 11.3 Å². The third-order valence-electron chi connectivity index (χ3n) is 2.43. The lowest BCUT2D eigenvalue weighted by Gasteiger charge is -1.98. The highest BCUT2D eigenvalue weighted by Crippen LogP contribution is 2.26. The first-order valence-corrected chi connectivity index (χ1v) is 5.95. The number of nitrogens with zero attached hydrogens (tertiary/aromatic N) is 3. The van der Waals surface area contributed by atoms with Crippen LogP contribution in [0.4, 0.5) is 0 Å². The van der Waals surface area contributed by atoms with Crippen LogP contribution in [0.2, 0.25) is 0 Å². The predicted molar refractivity (Wildman–Crippen MR) is 66.6 cm³/mol. The number of hydrogen-bond acceptors (Lipinski definition) is 5. The van der Waals surface area contributed by atoms with Crippen LogP contribution in [0.25, 0.3) is 21.6 Å². The second kappa shape index (κ2) is 4.20. The molecule has 1 aromatic carbocycles. The summed E-state index contributed by atoms with van der Waals surface area (Å²) in [6.07, 6.45) is 5.04. The van der Waals surface area contributed by atoms with Gasteiger partial charge in [-0.2, -0.15) is 0 Å². The molecule has 0 amide bonds. The molecule has 4 nitrogen and oxygen atoms in total. The van der Waals surface area contributed by atoms with Crippen molar-refractivity contribution in [1.82, 2.24) is 15.0 Å². The zero-order valence-electron chi connectivity index (χ0n) is 8.87. The van der Waals surface area contributed by atoms with Crippen molar-refractivity contribution in [3.8, 4) is 10.6 Å². The van der Waals surface area contributed by atoms with Crippen molar-refractivity contribution in [1.29, 1.82) is 0 Å². The topological polar surface area (TPSA) is 58.9 Å². The van der Waals surface area contributed by atoms with E-state index in [0.717, 1.165) is 26.5 Å². The van der Waals surface area contributed by atoms with Gasteiger partial charge in [0.25, 0.3) is 0 Å². The average Bonchev–Trinajstić information content (AvgIpc) is 2.87. The molecule has 2 aromatic heterocycles. The molecule has 3 rings (SSSR count). The smallest absolute Gasteiger partial charge is 0.123 e. The lowest BCUT2D eigenvalue weighted by atomic mass is 10.2. The number of rotatable bonds is 2. The highest BCUT2D eigenvalue weighted by Gasteiger charge is 2.05. The highest BCUT2D eigenvalue weighted by molar-refractivity contribution is 7.15. The zero-order chi connectivity index (χ0) is 11.7. The fraction of sp³-hybridized carbons (Fsp3) is 0.0833. The molecule has 0 saturated heterocycles. The van der Waals surface area contributed by atoms with Gasteiger partial charge in [0.2, 0.25) is 0 Å². The van der Waals surface area contributed by atoms with E-state index in [4.69, 9.17) is 5.11 Å². The lowest BCUT2D eigenvalue weighted by molar-refractivity contribution is 0.285. The summed E-state index contributed by atoms with van der Waals surface area (Å²) in [4.78, 5) is 13.6. The Balaban J connectivity index is 2.11. The van der Waals surface area contributed by atoms with Crippen LogP contribution >= 0.6 is 11.3 Å². The Hall–Kier alpha value is -1.85. The van der Waals surface area contributed by atoms with Crippen molar-refractivity contribution in [3.05, 3.63) is 41.7 Å². The molecule has 0 atom stereocenters. The zero-order valence-corrected chi connectivity index (χ0v) is 9.68. The third kappa shape index (κ3) is 1.90. The summed E-state index contributed by atoms with van der Waals surface area (Å²) in [6.45, 7) is 0.0328. The summed E-state index contributed by atoms with van der Waals surface area (Å²) < 4.78 is 0. The Kier molecular flexibility index (Phi) is 2.55. The molecule has 0 aliphatic rings.